The quantitative estimate of drug-likeness (QED) is 0.543. The lowest BCUT2D eigenvalue weighted by Gasteiger charge is -2.05. The normalized spacial score (nSPS) is 12.7. The number of hydrogen-bond acceptors (Lipinski definition) is 4. The Morgan fingerprint density at radius 1 is 0.741 bits per heavy atom. The van der Waals surface area contributed by atoms with Crippen LogP contribution in [0.4, 0.5) is 0 Å². The minimum absolute atomic E-state index is 0.246. The SMILES string of the molecule is CC(C)c1nc2ccc(S(=O)(=O)c3ccc4nc(C(C)C)[nH]c4c3)cc2[nH]1. The van der Waals surface area contributed by atoms with Gasteiger partial charge in [0.05, 0.1) is 31.9 Å². The number of imidazole rings is 2. The monoisotopic (exact) mass is 382 g/mol. The average Bonchev–Trinajstić information content (AvgIpc) is 3.24. The van der Waals surface area contributed by atoms with Crippen molar-refractivity contribution in [2.75, 3.05) is 0 Å². The van der Waals surface area contributed by atoms with Gasteiger partial charge in [-0.3, -0.25) is 0 Å². The van der Waals surface area contributed by atoms with Crippen LogP contribution in [0.25, 0.3) is 22.1 Å². The molecule has 0 fully saturated rings. The van der Waals surface area contributed by atoms with Gasteiger partial charge in [0.15, 0.2) is 0 Å². The van der Waals surface area contributed by atoms with Gasteiger partial charge in [-0.1, -0.05) is 27.7 Å². The number of nitrogens with zero attached hydrogens (tertiary/aromatic N) is 2. The summed E-state index contributed by atoms with van der Waals surface area (Å²) in [6.07, 6.45) is 0. The fourth-order valence-corrected chi connectivity index (χ4v) is 4.35. The molecule has 6 nitrogen and oxygen atoms in total. The molecule has 0 spiro atoms. The van der Waals surface area contributed by atoms with E-state index in [4.69, 9.17) is 0 Å². The Kier molecular flexibility index (Phi) is 4.07. The minimum atomic E-state index is -3.64. The molecule has 4 rings (SSSR count). The van der Waals surface area contributed by atoms with Crippen molar-refractivity contribution in [2.24, 2.45) is 0 Å². The van der Waals surface area contributed by atoms with Crippen LogP contribution in [-0.4, -0.2) is 28.4 Å². The van der Waals surface area contributed by atoms with Gasteiger partial charge in [-0.15, -0.1) is 0 Å². The van der Waals surface area contributed by atoms with Crippen molar-refractivity contribution >= 4 is 31.9 Å². The Bertz CT molecular complexity index is 1160. The number of sulfone groups is 1. The molecule has 140 valence electrons. The molecule has 0 saturated carbocycles. The van der Waals surface area contributed by atoms with Crippen LogP contribution in [0.3, 0.4) is 0 Å². The molecule has 7 heteroatoms. The fourth-order valence-electron chi connectivity index (χ4n) is 3.03. The summed E-state index contributed by atoms with van der Waals surface area (Å²) in [5.41, 5.74) is 2.99. The first-order valence-corrected chi connectivity index (χ1v) is 10.5. The van der Waals surface area contributed by atoms with Crippen LogP contribution < -0.4 is 0 Å². The lowest BCUT2D eigenvalue weighted by atomic mass is 10.2. The van der Waals surface area contributed by atoms with Crippen molar-refractivity contribution in [3.63, 3.8) is 0 Å². The molecule has 2 aromatic heterocycles. The van der Waals surface area contributed by atoms with Gasteiger partial charge in [0.25, 0.3) is 0 Å². The summed E-state index contributed by atoms with van der Waals surface area (Å²) in [4.78, 5) is 15.9. The van der Waals surface area contributed by atoms with E-state index in [0.717, 1.165) is 33.7 Å². The highest BCUT2D eigenvalue weighted by molar-refractivity contribution is 7.91. The molecule has 2 heterocycles. The third-order valence-electron chi connectivity index (χ3n) is 4.66. The van der Waals surface area contributed by atoms with E-state index < -0.39 is 9.84 Å². The van der Waals surface area contributed by atoms with Gasteiger partial charge in [0, 0.05) is 11.8 Å². The van der Waals surface area contributed by atoms with E-state index in [1.54, 1.807) is 36.4 Å². The molecule has 0 bridgehead atoms. The molecule has 0 radical (unpaired) electrons. The summed E-state index contributed by atoms with van der Waals surface area (Å²) < 4.78 is 26.3. The van der Waals surface area contributed by atoms with Gasteiger partial charge in [-0.25, -0.2) is 18.4 Å². The maximum absolute atomic E-state index is 13.1. The second-order valence-electron chi connectivity index (χ2n) is 7.41. The predicted molar refractivity (Wildman–Crippen MR) is 106 cm³/mol. The molecule has 0 atom stereocenters. The second kappa shape index (κ2) is 6.20. The van der Waals surface area contributed by atoms with Gasteiger partial charge >= 0.3 is 0 Å². The summed E-state index contributed by atoms with van der Waals surface area (Å²) in [7, 11) is -3.64. The lowest BCUT2D eigenvalue weighted by molar-refractivity contribution is 0.596. The zero-order valence-corrected chi connectivity index (χ0v) is 16.6. The maximum atomic E-state index is 13.1. The highest BCUT2D eigenvalue weighted by Gasteiger charge is 2.20. The molecular formula is C20H22N4O2S. The van der Waals surface area contributed by atoms with E-state index in [1.807, 2.05) is 27.7 Å². The Hall–Kier alpha value is -2.67. The molecule has 4 aromatic rings. The lowest BCUT2D eigenvalue weighted by Crippen LogP contribution is -2.01. The average molecular weight is 382 g/mol. The smallest absolute Gasteiger partial charge is 0.206 e. The van der Waals surface area contributed by atoms with Crippen LogP contribution in [0.5, 0.6) is 0 Å². The zero-order chi connectivity index (χ0) is 19.3. The van der Waals surface area contributed by atoms with Crippen LogP contribution in [0.2, 0.25) is 0 Å². The maximum Gasteiger partial charge on any atom is 0.206 e. The Labute approximate surface area is 158 Å². The van der Waals surface area contributed by atoms with E-state index in [2.05, 4.69) is 19.9 Å². The summed E-state index contributed by atoms with van der Waals surface area (Å²) in [6.45, 7) is 8.17. The highest BCUT2D eigenvalue weighted by Crippen LogP contribution is 2.27. The molecule has 2 N–H and O–H groups in total. The van der Waals surface area contributed by atoms with Crippen LogP contribution >= 0.6 is 0 Å². The molecule has 0 aliphatic rings. The number of aromatic nitrogens is 4. The minimum Gasteiger partial charge on any atom is -0.342 e. The first-order valence-electron chi connectivity index (χ1n) is 9.00. The van der Waals surface area contributed by atoms with Crippen LogP contribution in [0, 0.1) is 0 Å². The summed E-state index contributed by atoms with van der Waals surface area (Å²) in [6, 6.07) is 10.0. The third-order valence-corrected chi connectivity index (χ3v) is 6.41. The molecule has 0 unspecified atom stereocenters. The molecule has 2 aromatic carbocycles. The van der Waals surface area contributed by atoms with Crippen molar-refractivity contribution in [1.82, 2.24) is 19.9 Å². The van der Waals surface area contributed by atoms with Gasteiger partial charge in [-0.05, 0) is 36.4 Å². The zero-order valence-electron chi connectivity index (χ0n) is 15.7. The summed E-state index contributed by atoms with van der Waals surface area (Å²) >= 11 is 0. The van der Waals surface area contributed by atoms with Gasteiger partial charge in [0.2, 0.25) is 9.84 Å². The van der Waals surface area contributed by atoms with Crippen molar-refractivity contribution in [2.45, 2.75) is 49.3 Å². The van der Waals surface area contributed by atoms with Crippen molar-refractivity contribution in [1.29, 1.82) is 0 Å². The van der Waals surface area contributed by atoms with Crippen molar-refractivity contribution < 1.29 is 8.42 Å². The van der Waals surface area contributed by atoms with Crippen LogP contribution in [0.15, 0.2) is 46.2 Å². The van der Waals surface area contributed by atoms with E-state index in [-0.39, 0.29) is 21.6 Å². The Morgan fingerprint density at radius 3 is 1.52 bits per heavy atom. The predicted octanol–water partition coefficient (Wildman–Crippen LogP) is 4.52. The highest BCUT2D eigenvalue weighted by atomic mass is 32.2. The number of hydrogen-bond donors (Lipinski definition) is 2. The first kappa shape index (κ1) is 17.7. The van der Waals surface area contributed by atoms with E-state index >= 15 is 0 Å². The number of H-pyrrole nitrogens is 2. The summed E-state index contributed by atoms with van der Waals surface area (Å²) in [5, 5.41) is 0. The van der Waals surface area contributed by atoms with Crippen LogP contribution in [-0.2, 0) is 9.84 Å². The molecule has 0 saturated heterocycles. The first-order chi connectivity index (χ1) is 12.8. The second-order valence-corrected chi connectivity index (χ2v) is 9.36. The summed E-state index contributed by atoms with van der Waals surface area (Å²) in [5.74, 6) is 2.19. The van der Waals surface area contributed by atoms with Crippen molar-refractivity contribution in [3.05, 3.63) is 48.0 Å². The molecule has 0 aliphatic heterocycles. The topological polar surface area (TPSA) is 91.5 Å². The van der Waals surface area contributed by atoms with Gasteiger partial charge in [-0.2, -0.15) is 0 Å². The number of aromatic amines is 2. The van der Waals surface area contributed by atoms with E-state index in [0.29, 0.717) is 0 Å². The van der Waals surface area contributed by atoms with Crippen LogP contribution in [0.1, 0.15) is 51.2 Å². The standard InChI is InChI=1S/C20H22N4O2S/c1-11(2)19-21-15-7-5-13(9-17(15)23-19)27(25,26)14-6-8-16-18(10-14)24-20(22-16)12(3)4/h5-12H,1-4H3,(H,21,23)(H,22,24). The van der Waals surface area contributed by atoms with E-state index in [1.165, 1.54) is 0 Å². The Balaban J connectivity index is 1.80. The molecular weight excluding hydrogens is 360 g/mol. The largest absolute Gasteiger partial charge is 0.342 e. The van der Waals surface area contributed by atoms with Gasteiger partial charge < -0.3 is 9.97 Å². The molecule has 27 heavy (non-hydrogen) atoms. The number of nitrogens with one attached hydrogen (secondary N) is 2. The fraction of sp³-hybridized carbons (Fsp3) is 0.300. The Morgan fingerprint density at radius 2 is 1.15 bits per heavy atom. The number of fused-ring (bicyclic) bond motifs is 2. The number of benzene rings is 2. The number of rotatable bonds is 4. The van der Waals surface area contributed by atoms with Crippen molar-refractivity contribution in [3.8, 4) is 0 Å². The third kappa shape index (κ3) is 3.02. The molecule has 0 aliphatic carbocycles. The van der Waals surface area contributed by atoms with Gasteiger partial charge in [0.1, 0.15) is 11.6 Å². The molecule has 0 amide bonds. The van der Waals surface area contributed by atoms with E-state index in [9.17, 15) is 8.42 Å².